The predicted octanol–water partition coefficient (Wildman–Crippen LogP) is 2.94. The van der Waals surface area contributed by atoms with Gasteiger partial charge in [0.1, 0.15) is 0 Å². The number of benzene rings is 1. The lowest BCUT2D eigenvalue weighted by molar-refractivity contribution is 0.309. The molecule has 98 valence electrons. The highest BCUT2D eigenvalue weighted by Gasteiger charge is 2.15. The average Bonchev–Trinajstić information content (AvgIpc) is 2.71. The van der Waals surface area contributed by atoms with E-state index in [1.807, 2.05) is 6.07 Å². The topological polar surface area (TPSA) is 43.4 Å². The predicted molar refractivity (Wildman–Crippen MR) is 72.9 cm³/mol. The van der Waals surface area contributed by atoms with E-state index in [0.717, 1.165) is 25.5 Å². The van der Waals surface area contributed by atoms with E-state index in [-0.39, 0.29) is 6.61 Å². The summed E-state index contributed by atoms with van der Waals surface area (Å²) >= 11 is 0. The van der Waals surface area contributed by atoms with Crippen molar-refractivity contribution in [3.63, 3.8) is 0 Å². The van der Waals surface area contributed by atoms with Crippen LogP contribution in [0.25, 0.3) is 6.08 Å². The second-order valence-electron chi connectivity index (χ2n) is 4.62. The number of unbranched alkanes of at least 4 members (excludes halogenated alkanes) is 1. The molecule has 0 spiro atoms. The summed E-state index contributed by atoms with van der Waals surface area (Å²) < 4.78 is 26.3. The molecule has 0 fully saturated rings. The van der Waals surface area contributed by atoms with Gasteiger partial charge in [-0.1, -0.05) is 42.8 Å². The lowest BCUT2D eigenvalue weighted by Crippen LogP contribution is -2.04. The smallest absolute Gasteiger partial charge is 0.264 e. The Kier molecular flexibility index (Phi) is 4.19. The molecule has 1 atom stereocenters. The molecule has 3 nitrogen and oxygen atoms in total. The first-order valence-corrected chi connectivity index (χ1v) is 7.99. The summed E-state index contributed by atoms with van der Waals surface area (Å²) in [6.45, 7) is 0.289. The minimum Gasteiger partial charge on any atom is -0.270 e. The summed E-state index contributed by atoms with van der Waals surface area (Å²) in [5.74, 6) is 0.472. The molecule has 0 N–H and O–H groups in total. The van der Waals surface area contributed by atoms with Crippen molar-refractivity contribution in [1.29, 1.82) is 0 Å². The van der Waals surface area contributed by atoms with Crippen LogP contribution >= 0.6 is 0 Å². The maximum absolute atomic E-state index is 10.8. The van der Waals surface area contributed by atoms with Crippen molar-refractivity contribution in [3.8, 4) is 0 Å². The van der Waals surface area contributed by atoms with Crippen molar-refractivity contribution >= 4 is 16.2 Å². The zero-order chi connectivity index (χ0) is 13.0. The van der Waals surface area contributed by atoms with Gasteiger partial charge < -0.3 is 0 Å². The van der Waals surface area contributed by atoms with Gasteiger partial charge in [-0.05, 0) is 24.0 Å². The van der Waals surface area contributed by atoms with Crippen molar-refractivity contribution in [2.75, 3.05) is 12.9 Å². The monoisotopic (exact) mass is 266 g/mol. The molecule has 1 aromatic carbocycles. The van der Waals surface area contributed by atoms with E-state index in [2.05, 4.69) is 30.4 Å². The molecule has 0 saturated heterocycles. The fourth-order valence-electron chi connectivity index (χ4n) is 2.25. The Bertz CT molecular complexity index is 532. The van der Waals surface area contributed by atoms with Gasteiger partial charge in [0.15, 0.2) is 0 Å². The van der Waals surface area contributed by atoms with Crippen LogP contribution in [0.2, 0.25) is 0 Å². The zero-order valence-electron chi connectivity index (χ0n) is 10.5. The van der Waals surface area contributed by atoms with E-state index in [1.165, 1.54) is 11.1 Å². The highest BCUT2D eigenvalue weighted by atomic mass is 32.2. The van der Waals surface area contributed by atoms with Gasteiger partial charge in [0, 0.05) is 5.92 Å². The summed E-state index contributed by atoms with van der Waals surface area (Å²) in [6, 6.07) is 8.39. The van der Waals surface area contributed by atoms with E-state index >= 15 is 0 Å². The Morgan fingerprint density at radius 2 is 2.00 bits per heavy atom. The van der Waals surface area contributed by atoms with Gasteiger partial charge in [-0.25, -0.2) is 0 Å². The molecule has 18 heavy (non-hydrogen) atoms. The van der Waals surface area contributed by atoms with E-state index in [0.29, 0.717) is 5.92 Å². The maximum Gasteiger partial charge on any atom is 0.264 e. The van der Waals surface area contributed by atoms with Crippen LogP contribution in [0.4, 0.5) is 0 Å². The Morgan fingerprint density at radius 1 is 1.22 bits per heavy atom. The van der Waals surface area contributed by atoms with E-state index in [9.17, 15) is 8.42 Å². The molecule has 0 bridgehead atoms. The molecule has 1 unspecified atom stereocenters. The molecule has 2 rings (SSSR count). The SMILES string of the molecule is CS(=O)(=O)OCCCCC1C=Cc2ccccc21. The Balaban J connectivity index is 1.75. The largest absolute Gasteiger partial charge is 0.270 e. The van der Waals surface area contributed by atoms with E-state index in [1.54, 1.807) is 0 Å². The number of fused-ring (bicyclic) bond motifs is 1. The fourth-order valence-corrected chi connectivity index (χ4v) is 2.67. The van der Waals surface area contributed by atoms with Crippen molar-refractivity contribution < 1.29 is 12.6 Å². The van der Waals surface area contributed by atoms with E-state index in [4.69, 9.17) is 4.18 Å². The van der Waals surface area contributed by atoms with Gasteiger partial charge in [0.05, 0.1) is 12.9 Å². The minimum atomic E-state index is -3.29. The van der Waals surface area contributed by atoms with Gasteiger partial charge in [-0.2, -0.15) is 8.42 Å². The molecule has 1 aliphatic carbocycles. The Labute approximate surface area is 109 Å². The van der Waals surface area contributed by atoms with Crippen LogP contribution in [0.15, 0.2) is 30.3 Å². The van der Waals surface area contributed by atoms with Crippen molar-refractivity contribution in [3.05, 3.63) is 41.5 Å². The third kappa shape index (κ3) is 3.68. The third-order valence-electron chi connectivity index (χ3n) is 3.11. The molecule has 0 amide bonds. The highest BCUT2D eigenvalue weighted by molar-refractivity contribution is 7.85. The first-order valence-electron chi connectivity index (χ1n) is 6.18. The molecule has 4 heteroatoms. The number of hydrogen-bond donors (Lipinski definition) is 0. The second-order valence-corrected chi connectivity index (χ2v) is 6.26. The molecule has 0 radical (unpaired) electrons. The van der Waals surface area contributed by atoms with Crippen LogP contribution < -0.4 is 0 Å². The average molecular weight is 266 g/mol. The standard InChI is InChI=1S/C14H18O3S/c1-18(15,16)17-11-5-4-7-13-10-9-12-6-2-3-8-14(12)13/h2-3,6,8-10,13H,4-5,7,11H2,1H3. The second kappa shape index (κ2) is 5.67. The molecule has 0 aliphatic heterocycles. The van der Waals surface area contributed by atoms with Crippen LogP contribution in [-0.2, 0) is 14.3 Å². The number of hydrogen-bond acceptors (Lipinski definition) is 3. The highest BCUT2D eigenvalue weighted by Crippen LogP contribution is 2.33. The fraction of sp³-hybridized carbons (Fsp3) is 0.429. The van der Waals surface area contributed by atoms with Crippen molar-refractivity contribution in [1.82, 2.24) is 0 Å². The summed E-state index contributed by atoms with van der Waals surface area (Å²) in [5.41, 5.74) is 2.68. The van der Waals surface area contributed by atoms with Crippen molar-refractivity contribution in [2.24, 2.45) is 0 Å². The van der Waals surface area contributed by atoms with Crippen LogP contribution in [0, 0.1) is 0 Å². The lowest BCUT2D eigenvalue weighted by Gasteiger charge is -2.10. The van der Waals surface area contributed by atoms with E-state index < -0.39 is 10.1 Å². The Morgan fingerprint density at radius 3 is 2.78 bits per heavy atom. The molecular formula is C14H18O3S. The van der Waals surface area contributed by atoms with Crippen LogP contribution in [0.3, 0.4) is 0 Å². The van der Waals surface area contributed by atoms with Gasteiger partial charge in [-0.3, -0.25) is 4.18 Å². The number of rotatable bonds is 6. The zero-order valence-corrected chi connectivity index (χ0v) is 11.3. The first kappa shape index (κ1) is 13.3. The number of allylic oxidation sites excluding steroid dienone is 1. The molecule has 0 aromatic heterocycles. The normalized spacial score (nSPS) is 17.9. The van der Waals surface area contributed by atoms with Gasteiger partial charge in [0.2, 0.25) is 0 Å². The molecule has 1 aromatic rings. The summed E-state index contributed by atoms with van der Waals surface area (Å²) in [4.78, 5) is 0. The first-order chi connectivity index (χ1) is 8.56. The third-order valence-corrected chi connectivity index (χ3v) is 3.71. The van der Waals surface area contributed by atoms with Gasteiger partial charge in [0.25, 0.3) is 10.1 Å². The summed E-state index contributed by atoms with van der Waals surface area (Å²) in [7, 11) is -3.29. The molecule has 1 aliphatic rings. The van der Waals surface area contributed by atoms with Crippen LogP contribution in [0.5, 0.6) is 0 Å². The minimum absolute atomic E-state index is 0.289. The van der Waals surface area contributed by atoms with Crippen molar-refractivity contribution in [2.45, 2.75) is 25.2 Å². The molecule has 0 heterocycles. The van der Waals surface area contributed by atoms with Crippen LogP contribution in [-0.4, -0.2) is 21.3 Å². The molecular weight excluding hydrogens is 248 g/mol. The van der Waals surface area contributed by atoms with Crippen LogP contribution in [0.1, 0.15) is 36.3 Å². The maximum atomic E-state index is 10.8. The molecule has 0 saturated carbocycles. The summed E-state index contributed by atoms with van der Waals surface area (Å²) in [6.07, 6.45) is 8.26. The summed E-state index contributed by atoms with van der Waals surface area (Å²) in [5, 5.41) is 0. The quantitative estimate of drug-likeness (QED) is 0.587. The van der Waals surface area contributed by atoms with Gasteiger partial charge in [-0.15, -0.1) is 0 Å². The van der Waals surface area contributed by atoms with Gasteiger partial charge >= 0.3 is 0 Å². The lowest BCUT2D eigenvalue weighted by atomic mass is 9.95. The Hall–Kier alpha value is -1.13.